The normalized spacial score (nSPS) is 24.8. The van der Waals surface area contributed by atoms with Crippen LogP contribution < -0.4 is 5.73 Å². The molecule has 2 fully saturated rings. The molecule has 2 rings (SSSR count). The second-order valence-electron chi connectivity index (χ2n) is 3.85. The quantitative estimate of drug-likeness (QED) is 0.613. The third-order valence-corrected chi connectivity index (χ3v) is 2.90. The lowest BCUT2D eigenvalue weighted by Gasteiger charge is -2.34. The van der Waals surface area contributed by atoms with Gasteiger partial charge in [-0.25, -0.2) is 0 Å². The van der Waals surface area contributed by atoms with Gasteiger partial charge in [-0.05, 0) is 12.8 Å². The molecule has 0 radical (unpaired) electrons. The first-order chi connectivity index (χ1) is 6.31. The van der Waals surface area contributed by atoms with E-state index in [2.05, 4.69) is 4.90 Å². The molecule has 1 saturated carbocycles. The number of nitrogens with zero attached hydrogens (tertiary/aromatic N) is 2. The summed E-state index contributed by atoms with van der Waals surface area (Å²) in [6.07, 6.45) is 2.70. The van der Waals surface area contributed by atoms with Crippen LogP contribution in [0, 0.1) is 0 Å². The highest BCUT2D eigenvalue weighted by Crippen LogP contribution is 2.27. The topological polar surface area (TPSA) is 49.6 Å². The lowest BCUT2D eigenvalue weighted by Crippen LogP contribution is -2.50. The first kappa shape index (κ1) is 8.97. The molecule has 0 spiro atoms. The lowest BCUT2D eigenvalue weighted by atomic mass is 10.3. The van der Waals surface area contributed by atoms with Gasteiger partial charge in [-0.1, -0.05) is 0 Å². The monoisotopic (exact) mass is 183 g/mol. The number of rotatable bonds is 2. The van der Waals surface area contributed by atoms with Gasteiger partial charge in [0.2, 0.25) is 5.91 Å². The minimum Gasteiger partial charge on any atom is -0.339 e. The fourth-order valence-corrected chi connectivity index (χ4v) is 1.91. The van der Waals surface area contributed by atoms with Crippen molar-refractivity contribution < 1.29 is 4.79 Å². The molecular weight excluding hydrogens is 166 g/mol. The second-order valence-corrected chi connectivity index (χ2v) is 3.85. The van der Waals surface area contributed by atoms with Crippen molar-refractivity contribution in [2.24, 2.45) is 5.73 Å². The summed E-state index contributed by atoms with van der Waals surface area (Å²) in [5.41, 5.74) is 5.30. The molecule has 1 heterocycles. The molecule has 0 aromatic rings. The van der Waals surface area contributed by atoms with Crippen molar-refractivity contribution in [2.45, 2.75) is 18.9 Å². The zero-order chi connectivity index (χ0) is 9.26. The van der Waals surface area contributed by atoms with Crippen molar-refractivity contribution in [1.29, 1.82) is 0 Å². The van der Waals surface area contributed by atoms with Gasteiger partial charge in [-0.15, -0.1) is 0 Å². The SMILES string of the molecule is NCC(=O)N1CCN(C2CC2)CC1. The van der Waals surface area contributed by atoms with Crippen LogP contribution in [0.1, 0.15) is 12.8 Å². The highest BCUT2D eigenvalue weighted by atomic mass is 16.2. The summed E-state index contributed by atoms with van der Waals surface area (Å²) in [6, 6.07) is 0.829. The molecular formula is C9H17N3O. The Kier molecular flexibility index (Phi) is 2.51. The third kappa shape index (κ3) is 2.00. The van der Waals surface area contributed by atoms with Crippen LogP contribution in [0.25, 0.3) is 0 Å². The molecule has 74 valence electrons. The summed E-state index contributed by atoms with van der Waals surface area (Å²) in [5.74, 6) is 0.0930. The number of hydrogen-bond donors (Lipinski definition) is 1. The lowest BCUT2D eigenvalue weighted by molar-refractivity contribution is -0.131. The van der Waals surface area contributed by atoms with Crippen LogP contribution in [0.5, 0.6) is 0 Å². The minimum atomic E-state index is 0.0930. The smallest absolute Gasteiger partial charge is 0.236 e. The van der Waals surface area contributed by atoms with Crippen molar-refractivity contribution in [1.82, 2.24) is 9.80 Å². The Balaban J connectivity index is 1.78. The molecule has 0 bridgehead atoms. The molecule has 13 heavy (non-hydrogen) atoms. The van der Waals surface area contributed by atoms with E-state index in [1.807, 2.05) is 4.90 Å². The first-order valence-electron chi connectivity index (χ1n) is 5.03. The molecule has 1 saturated heterocycles. The second kappa shape index (κ2) is 3.64. The Morgan fingerprint density at radius 2 is 1.85 bits per heavy atom. The highest BCUT2D eigenvalue weighted by molar-refractivity contribution is 5.78. The average Bonchev–Trinajstić information content (AvgIpc) is 3.00. The molecule has 0 unspecified atom stereocenters. The van der Waals surface area contributed by atoms with E-state index >= 15 is 0 Å². The fraction of sp³-hybridized carbons (Fsp3) is 0.889. The van der Waals surface area contributed by atoms with E-state index < -0.39 is 0 Å². The van der Waals surface area contributed by atoms with Crippen LogP contribution in [0.2, 0.25) is 0 Å². The molecule has 4 nitrogen and oxygen atoms in total. The molecule has 1 aliphatic carbocycles. The molecule has 1 aliphatic heterocycles. The minimum absolute atomic E-state index is 0.0930. The Bertz CT molecular complexity index is 195. The fourth-order valence-electron chi connectivity index (χ4n) is 1.91. The van der Waals surface area contributed by atoms with E-state index in [1.54, 1.807) is 0 Å². The maximum absolute atomic E-state index is 11.2. The maximum atomic E-state index is 11.2. The van der Waals surface area contributed by atoms with Gasteiger partial charge in [-0.3, -0.25) is 9.69 Å². The van der Waals surface area contributed by atoms with Gasteiger partial charge in [0.05, 0.1) is 6.54 Å². The summed E-state index contributed by atoms with van der Waals surface area (Å²) in [6.45, 7) is 3.97. The van der Waals surface area contributed by atoms with Crippen molar-refractivity contribution in [3.05, 3.63) is 0 Å². The Labute approximate surface area is 78.7 Å². The molecule has 0 aromatic carbocycles. The van der Waals surface area contributed by atoms with E-state index in [0.717, 1.165) is 32.2 Å². The number of amides is 1. The maximum Gasteiger partial charge on any atom is 0.236 e. The van der Waals surface area contributed by atoms with Gasteiger partial charge >= 0.3 is 0 Å². The highest BCUT2D eigenvalue weighted by Gasteiger charge is 2.31. The summed E-state index contributed by atoms with van der Waals surface area (Å²) < 4.78 is 0. The Hall–Kier alpha value is -0.610. The average molecular weight is 183 g/mol. The van der Waals surface area contributed by atoms with Gasteiger partial charge < -0.3 is 10.6 Å². The molecule has 4 heteroatoms. The molecule has 1 amide bonds. The summed E-state index contributed by atoms with van der Waals surface area (Å²) >= 11 is 0. The summed E-state index contributed by atoms with van der Waals surface area (Å²) in [5, 5.41) is 0. The predicted octanol–water partition coefficient (Wildman–Crippen LogP) is -0.748. The van der Waals surface area contributed by atoms with Crippen molar-refractivity contribution in [3.63, 3.8) is 0 Å². The van der Waals surface area contributed by atoms with E-state index in [0.29, 0.717) is 0 Å². The number of hydrogen-bond acceptors (Lipinski definition) is 3. The zero-order valence-corrected chi connectivity index (χ0v) is 7.91. The largest absolute Gasteiger partial charge is 0.339 e. The van der Waals surface area contributed by atoms with Gasteiger partial charge in [0.25, 0.3) is 0 Å². The van der Waals surface area contributed by atoms with Crippen LogP contribution in [0.4, 0.5) is 0 Å². The van der Waals surface area contributed by atoms with E-state index in [9.17, 15) is 4.79 Å². The summed E-state index contributed by atoms with van der Waals surface area (Å²) in [7, 11) is 0. The Morgan fingerprint density at radius 3 is 2.31 bits per heavy atom. The van der Waals surface area contributed by atoms with Gasteiger partial charge in [0, 0.05) is 32.2 Å². The van der Waals surface area contributed by atoms with Crippen LogP contribution in [-0.4, -0.2) is 54.5 Å². The van der Waals surface area contributed by atoms with E-state index in [1.165, 1.54) is 12.8 Å². The summed E-state index contributed by atoms with van der Waals surface area (Å²) in [4.78, 5) is 15.6. The van der Waals surface area contributed by atoms with E-state index in [4.69, 9.17) is 5.73 Å². The number of piperazine rings is 1. The van der Waals surface area contributed by atoms with Gasteiger partial charge in [0.1, 0.15) is 0 Å². The third-order valence-electron chi connectivity index (χ3n) is 2.90. The Morgan fingerprint density at radius 1 is 1.23 bits per heavy atom. The molecule has 2 aliphatic rings. The number of carbonyl (C=O) groups excluding carboxylic acids is 1. The van der Waals surface area contributed by atoms with Crippen LogP contribution in [0.3, 0.4) is 0 Å². The van der Waals surface area contributed by atoms with E-state index in [-0.39, 0.29) is 12.5 Å². The van der Waals surface area contributed by atoms with Gasteiger partial charge in [-0.2, -0.15) is 0 Å². The molecule has 0 atom stereocenters. The number of nitrogens with two attached hydrogens (primary N) is 1. The van der Waals surface area contributed by atoms with Crippen LogP contribution in [0.15, 0.2) is 0 Å². The number of carbonyl (C=O) groups is 1. The first-order valence-corrected chi connectivity index (χ1v) is 5.03. The molecule has 0 aromatic heterocycles. The van der Waals surface area contributed by atoms with Crippen LogP contribution in [-0.2, 0) is 4.79 Å². The molecule has 2 N–H and O–H groups in total. The van der Waals surface area contributed by atoms with Gasteiger partial charge in [0.15, 0.2) is 0 Å². The van der Waals surface area contributed by atoms with Crippen molar-refractivity contribution in [2.75, 3.05) is 32.7 Å². The standard InChI is InChI=1S/C9H17N3O/c10-7-9(13)12-5-3-11(4-6-12)8-1-2-8/h8H,1-7,10H2. The predicted molar refractivity (Wildman–Crippen MR) is 50.2 cm³/mol. The van der Waals surface area contributed by atoms with Crippen molar-refractivity contribution in [3.8, 4) is 0 Å². The van der Waals surface area contributed by atoms with Crippen molar-refractivity contribution >= 4 is 5.91 Å². The zero-order valence-electron chi connectivity index (χ0n) is 7.91. The van der Waals surface area contributed by atoms with Crippen LogP contribution >= 0.6 is 0 Å².